The third-order valence-corrected chi connectivity index (χ3v) is 11.8. The lowest BCUT2D eigenvalue weighted by molar-refractivity contribution is -0.125. The van der Waals surface area contributed by atoms with Crippen molar-refractivity contribution in [2.75, 3.05) is 24.0 Å². The van der Waals surface area contributed by atoms with Crippen LogP contribution in [0.15, 0.2) is 48.0 Å². The monoisotopic (exact) mass is 770 g/mol. The zero-order valence-corrected chi connectivity index (χ0v) is 28.3. The van der Waals surface area contributed by atoms with Crippen molar-refractivity contribution in [3.8, 4) is 17.2 Å². The summed E-state index contributed by atoms with van der Waals surface area (Å²) in [4.78, 5) is 51.8. The highest BCUT2D eigenvalue weighted by atomic mass is 35.5. The van der Waals surface area contributed by atoms with Gasteiger partial charge in [-0.15, -0.1) is 23.2 Å². The summed E-state index contributed by atoms with van der Waals surface area (Å²) < 4.78 is 84.3. The molecular weight excluding hydrogens is 750 g/mol. The molecular formula is C34H22Cl3F5N2O7. The molecule has 2 aliphatic heterocycles. The van der Waals surface area contributed by atoms with Gasteiger partial charge in [-0.2, -0.15) is 0 Å². The van der Waals surface area contributed by atoms with Crippen LogP contribution in [0.25, 0.3) is 0 Å². The molecule has 0 spiro atoms. The number of allylic oxidation sites excluding steroid dienone is 2. The third-order valence-electron chi connectivity index (χ3n) is 10.1. The van der Waals surface area contributed by atoms with Gasteiger partial charge < -0.3 is 14.6 Å². The van der Waals surface area contributed by atoms with Crippen molar-refractivity contribution in [1.82, 2.24) is 0 Å². The predicted octanol–water partition coefficient (Wildman–Crippen LogP) is 6.53. The summed E-state index contributed by atoms with van der Waals surface area (Å²) in [5.74, 6) is -23.1. The molecule has 2 saturated heterocycles. The van der Waals surface area contributed by atoms with E-state index in [4.69, 9.17) is 44.3 Å². The molecule has 3 aromatic carbocycles. The molecule has 0 unspecified atom stereocenters. The lowest BCUT2D eigenvalue weighted by Crippen LogP contribution is -2.60. The van der Waals surface area contributed by atoms with Crippen LogP contribution in [0.5, 0.6) is 17.2 Å². The van der Waals surface area contributed by atoms with Crippen molar-refractivity contribution in [2.24, 2.45) is 17.8 Å². The molecule has 4 amide bonds. The van der Waals surface area contributed by atoms with Gasteiger partial charge in [0.25, 0.3) is 11.8 Å². The van der Waals surface area contributed by atoms with Crippen molar-refractivity contribution in [2.45, 2.75) is 28.5 Å². The Morgan fingerprint density at radius 3 is 2.00 bits per heavy atom. The summed E-state index contributed by atoms with van der Waals surface area (Å²) in [6.07, 6.45) is 0.674. The van der Waals surface area contributed by atoms with Crippen molar-refractivity contribution >= 4 is 69.8 Å². The standard InChI is InChI=1S/C34H22Cl3F5N2O7/c1-50-14-9-18(45)21(19(10-14)51-2)22-15-7-8-16-20(30(47)43(29(16)46)13-5-3-12(35)4-6-13)17(15)11-33(36)31(48)44(32(49)34(22,33)37)28-26(41)24(39)23(38)25(40)27(28)42/h3-7,9-10,16-17,20,22,45H,8,11H2,1-2H3/t16-,17+,20-,22+,33+,34-/m0/s1. The van der Waals surface area contributed by atoms with E-state index < -0.39 is 104 Å². The summed E-state index contributed by atoms with van der Waals surface area (Å²) >= 11 is 20.3. The van der Waals surface area contributed by atoms with Crippen LogP contribution in [0.3, 0.4) is 0 Å². The Morgan fingerprint density at radius 1 is 0.804 bits per heavy atom. The molecule has 0 radical (unpaired) electrons. The highest BCUT2D eigenvalue weighted by Gasteiger charge is 2.77. The lowest BCUT2D eigenvalue weighted by Gasteiger charge is -2.50. The quantitative estimate of drug-likeness (QED) is 0.0785. The normalized spacial score (nSPS) is 28.5. The number of nitrogens with zero attached hydrogens (tertiary/aromatic N) is 2. The second kappa shape index (κ2) is 11.8. The maximum absolute atomic E-state index is 15.3. The number of aromatic hydroxyl groups is 1. The van der Waals surface area contributed by atoms with E-state index in [1.54, 1.807) is 0 Å². The van der Waals surface area contributed by atoms with Gasteiger partial charge in [0, 0.05) is 28.6 Å². The van der Waals surface area contributed by atoms with Crippen LogP contribution < -0.4 is 19.3 Å². The van der Waals surface area contributed by atoms with Crippen LogP contribution in [0.4, 0.5) is 33.3 Å². The fourth-order valence-electron chi connectivity index (χ4n) is 7.89. The highest BCUT2D eigenvalue weighted by molar-refractivity contribution is 6.58. The first-order chi connectivity index (χ1) is 24.0. The van der Waals surface area contributed by atoms with Gasteiger partial charge >= 0.3 is 0 Å². The van der Waals surface area contributed by atoms with E-state index in [2.05, 4.69) is 0 Å². The van der Waals surface area contributed by atoms with E-state index >= 15 is 8.78 Å². The van der Waals surface area contributed by atoms with Crippen LogP contribution in [0, 0.1) is 46.8 Å². The van der Waals surface area contributed by atoms with Crippen LogP contribution in [-0.4, -0.2) is 52.7 Å². The van der Waals surface area contributed by atoms with Crippen molar-refractivity contribution in [3.63, 3.8) is 0 Å². The number of imide groups is 2. The first-order valence-corrected chi connectivity index (χ1v) is 16.2. The number of fused-ring (bicyclic) bond motifs is 4. The lowest BCUT2D eigenvalue weighted by atomic mass is 9.56. The molecule has 9 nitrogen and oxygen atoms in total. The Kier molecular flexibility index (Phi) is 8.12. The second-order valence-electron chi connectivity index (χ2n) is 12.4. The van der Waals surface area contributed by atoms with Crippen LogP contribution in [-0.2, 0) is 19.2 Å². The summed E-state index contributed by atoms with van der Waals surface area (Å²) in [7, 11) is 2.46. The topological polar surface area (TPSA) is 113 Å². The Labute approximate surface area is 300 Å². The minimum atomic E-state index is -2.86. The zero-order valence-electron chi connectivity index (χ0n) is 26.1. The third kappa shape index (κ3) is 4.51. The molecule has 7 rings (SSSR count). The van der Waals surface area contributed by atoms with Gasteiger partial charge in [-0.25, -0.2) is 26.9 Å². The molecule has 266 valence electrons. The summed E-state index contributed by atoms with van der Waals surface area (Å²) in [6, 6.07) is 8.22. The molecule has 0 aromatic heterocycles. The largest absolute Gasteiger partial charge is 0.507 e. The van der Waals surface area contributed by atoms with E-state index in [-0.39, 0.29) is 39.6 Å². The van der Waals surface area contributed by atoms with E-state index in [1.165, 1.54) is 50.6 Å². The molecule has 51 heavy (non-hydrogen) atoms. The summed E-state index contributed by atoms with van der Waals surface area (Å²) in [5, 5.41) is 11.7. The number of benzene rings is 3. The molecule has 4 aliphatic rings. The van der Waals surface area contributed by atoms with E-state index in [0.717, 1.165) is 11.0 Å². The zero-order chi connectivity index (χ0) is 37.1. The Hall–Kier alpha value is -4.40. The number of phenols is 1. The van der Waals surface area contributed by atoms with Gasteiger partial charge in [-0.3, -0.25) is 24.1 Å². The summed E-state index contributed by atoms with van der Waals surface area (Å²) in [6.45, 7) is 0. The fourth-order valence-corrected chi connectivity index (χ4v) is 8.94. The fraction of sp³-hybridized carbons (Fsp3) is 0.294. The number of carbonyl (C=O) groups is 4. The molecule has 1 N–H and O–H groups in total. The first kappa shape index (κ1) is 35.0. The van der Waals surface area contributed by atoms with Crippen molar-refractivity contribution in [3.05, 3.63) is 87.7 Å². The van der Waals surface area contributed by atoms with Gasteiger partial charge in [-0.05, 0) is 43.0 Å². The molecule has 3 aromatic rings. The van der Waals surface area contributed by atoms with Gasteiger partial charge in [0.15, 0.2) is 33.0 Å². The minimum Gasteiger partial charge on any atom is -0.507 e. The van der Waals surface area contributed by atoms with Crippen LogP contribution in [0.1, 0.15) is 24.3 Å². The number of methoxy groups -OCH3 is 2. The number of carbonyl (C=O) groups excluding carboxylic acids is 4. The van der Waals surface area contributed by atoms with Gasteiger partial charge in [0.1, 0.15) is 22.9 Å². The Balaban J connectivity index is 1.47. The number of halogens is 8. The smallest absolute Gasteiger partial charge is 0.258 e. The number of hydrogen-bond donors (Lipinski definition) is 1. The molecule has 6 atom stereocenters. The predicted molar refractivity (Wildman–Crippen MR) is 172 cm³/mol. The molecule has 17 heteroatoms. The van der Waals surface area contributed by atoms with Crippen molar-refractivity contribution in [1.29, 1.82) is 0 Å². The molecule has 2 aliphatic carbocycles. The SMILES string of the molecule is COc1cc(O)c([C@H]2C3=CC[C@@H]4C(=O)N(c5ccc(Cl)cc5)C(=O)[C@@H]4[C@@H]3C[C@@]3(Cl)C(=O)N(c4c(F)c(F)c(F)c(F)c4F)C(=O)[C@@]23Cl)c(OC)c1. The number of hydrogen-bond acceptors (Lipinski definition) is 7. The molecule has 0 bridgehead atoms. The molecule has 3 fully saturated rings. The number of phenolic OH excluding ortho intramolecular Hbond substituents is 1. The van der Waals surface area contributed by atoms with E-state index in [0.29, 0.717) is 5.02 Å². The maximum atomic E-state index is 15.3. The number of rotatable bonds is 5. The van der Waals surface area contributed by atoms with Gasteiger partial charge in [0.2, 0.25) is 17.6 Å². The average Bonchev–Trinajstić information content (AvgIpc) is 3.45. The highest BCUT2D eigenvalue weighted by Crippen LogP contribution is 2.67. The number of amides is 4. The van der Waals surface area contributed by atoms with Gasteiger partial charge in [-0.1, -0.05) is 23.3 Å². The second-order valence-corrected chi connectivity index (χ2v) is 14.1. The molecule has 1 saturated carbocycles. The maximum Gasteiger partial charge on any atom is 0.258 e. The number of anilines is 2. The number of ether oxygens (including phenoxy) is 2. The van der Waals surface area contributed by atoms with Crippen molar-refractivity contribution < 1.29 is 55.7 Å². The van der Waals surface area contributed by atoms with Crippen LogP contribution >= 0.6 is 34.8 Å². The minimum absolute atomic E-state index is 0.0611. The van der Waals surface area contributed by atoms with E-state index in [1.807, 2.05) is 0 Å². The Morgan fingerprint density at radius 2 is 1.41 bits per heavy atom. The first-order valence-electron chi connectivity index (χ1n) is 15.1. The average molecular weight is 772 g/mol. The number of alkyl halides is 2. The van der Waals surface area contributed by atoms with E-state index in [9.17, 15) is 37.5 Å². The van der Waals surface area contributed by atoms with Crippen LogP contribution in [0.2, 0.25) is 5.02 Å². The molecule has 2 heterocycles. The summed E-state index contributed by atoms with van der Waals surface area (Å²) in [5.41, 5.74) is -1.89. The van der Waals surface area contributed by atoms with Gasteiger partial charge in [0.05, 0.1) is 31.7 Å². The Bertz CT molecular complexity index is 2110.